The number of aromatic nitrogens is 6. The molecule has 0 radical (unpaired) electrons. The van der Waals surface area contributed by atoms with Gasteiger partial charge < -0.3 is 9.47 Å². The van der Waals surface area contributed by atoms with E-state index in [1.165, 1.54) is 11.0 Å². The summed E-state index contributed by atoms with van der Waals surface area (Å²) in [7, 11) is 1.94. The van der Waals surface area contributed by atoms with Crippen LogP contribution in [0.25, 0.3) is 0 Å². The van der Waals surface area contributed by atoms with E-state index in [0.717, 1.165) is 24.2 Å². The number of benzene rings is 1. The van der Waals surface area contributed by atoms with Crippen LogP contribution in [0, 0.1) is 0 Å². The van der Waals surface area contributed by atoms with E-state index in [2.05, 4.69) is 20.5 Å². The van der Waals surface area contributed by atoms with Gasteiger partial charge in [0.15, 0.2) is 6.04 Å². The van der Waals surface area contributed by atoms with E-state index in [1.54, 1.807) is 6.20 Å². The molecule has 1 aliphatic rings. The number of tetrazole rings is 1. The Bertz CT molecular complexity index is 839. The summed E-state index contributed by atoms with van der Waals surface area (Å²) in [5, 5.41) is 11.4. The molecule has 0 unspecified atom stereocenters. The van der Waals surface area contributed by atoms with E-state index in [4.69, 9.17) is 0 Å². The molecular formula is C17H19N7O. The highest BCUT2D eigenvalue weighted by molar-refractivity contribution is 5.84. The Morgan fingerprint density at radius 2 is 2.12 bits per heavy atom. The van der Waals surface area contributed by atoms with Crippen molar-refractivity contribution in [1.82, 2.24) is 34.7 Å². The Morgan fingerprint density at radius 1 is 1.32 bits per heavy atom. The maximum Gasteiger partial charge on any atom is 0.252 e. The molecule has 1 aliphatic carbocycles. The highest BCUT2D eigenvalue weighted by atomic mass is 16.2. The van der Waals surface area contributed by atoms with Gasteiger partial charge in [0.2, 0.25) is 0 Å². The van der Waals surface area contributed by atoms with E-state index < -0.39 is 6.04 Å². The molecule has 1 saturated carbocycles. The van der Waals surface area contributed by atoms with Crippen LogP contribution < -0.4 is 0 Å². The van der Waals surface area contributed by atoms with Gasteiger partial charge in [-0.2, -0.15) is 0 Å². The van der Waals surface area contributed by atoms with Crippen LogP contribution in [0.5, 0.6) is 0 Å². The summed E-state index contributed by atoms with van der Waals surface area (Å²) in [5.41, 5.74) is 0.866. The average molecular weight is 337 g/mol. The second kappa shape index (κ2) is 6.46. The molecule has 3 aromatic rings. The molecule has 1 aromatic carbocycles. The maximum atomic E-state index is 13.4. The predicted molar refractivity (Wildman–Crippen MR) is 89.2 cm³/mol. The Hall–Kier alpha value is -3.03. The van der Waals surface area contributed by atoms with Gasteiger partial charge in [-0.25, -0.2) is 9.67 Å². The number of hydrogen-bond donors (Lipinski definition) is 0. The summed E-state index contributed by atoms with van der Waals surface area (Å²) in [4.78, 5) is 19.7. The zero-order valence-corrected chi connectivity index (χ0v) is 13.9. The molecule has 0 aliphatic heterocycles. The molecule has 0 spiro atoms. The first kappa shape index (κ1) is 15.5. The van der Waals surface area contributed by atoms with Crippen molar-refractivity contribution in [3.05, 3.63) is 60.4 Å². The third kappa shape index (κ3) is 3.15. The van der Waals surface area contributed by atoms with E-state index in [1.807, 2.05) is 53.0 Å². The molecule has 2 heterocycles. The fourth-order valence-corrected chi connectivity index (χ4v) is 2.96. The molecule has 8 nitrogen and oxygen atoms in total. The lowest BCUT2D eigenvalue weighted by atomic mass is 10.1. The van der Waals surface area contributed by atoms with E-state index in [0.29, 0.717) is 6.54 Å². The van der Waals surface area contributed by atoms with E-state index >= 15 is 0 Å². The van der Waals surface area contributed by atoms with Crippen LogP contribution in [-0.2, 0) is 18.4 Å². The van der Waals surface area contributed by atoms with E-state index in [-0.39, 0.29) is 11.9 Å². The van der Waals surface area contributed by atoms with Crippen molar-refractivity contribution in [3.8, 4) is 0 Å². The maximum absolute atomic E-state index is 13.4. The topological polar surface area (TPSA) is 81.7 Å². The van der Waals surface area contributed by atoms with Crippen LogP contribution >= 0.6 is 0 Å². The van der Waals surface area contributed by atoms with Crippen molar-refractivity contribution in [1.29, 1.82) is 0 Å². The first-order valence-corrected chi connectivity index (χ1v) is 8.28. The molecule has 1 atom stereocenters. The van der Waals surface area contributed by atoms with E-state index in [9.17, 15) is 4.79 Å². The minimum Gasteiger partial charge on any atom is -0.337 e. The largest absolute Gasteiger partial charge is 0.337 e. The van der Waals surface area contributed by atoms with Crippen molar-refractivity contribution in [2.45, 2.75) is 31.5 Å². The van der Waals surface area contributed by atoms with Crippen molar-refractivity contribution in [2.75, 3.05) is 0 Å². The predicted octanol–water partition coefficient (Wildman–Crippen LogP) is 1.19. The molecule has 0 saturated heterocycles. The minimum atomic E-state index is -0.572. The number of rotatable bonds is 6. The number of imidazole rings is 1. The minimum absolute atomic E-state index is 0.0102. The molecule has 2 aromatic heterocycles. The highest BCUT2D eigenvalue weighted by Crippen LogP contribution is 2.31. The first-order valence-electron chi connectivity index (χ1n) is 8.28. The van der Waals surface area contributed by atoms with Crippen molar-refractivity contribution in [2.24, 2.45) is 7.05 Å². The number of hydrogen-bond acceptors (Lipinski definition) is 5. The summed E-state index contributed by atoms with van der Waals surface area (Å²) >= 11 is 0. The molecule has 1 amide bonds. The van der Waals surface area contributed by atoms with Gasteiger partial charge in [-0.3, -0.25) is 4.79 Å². The van der Waals surface area contributed by atoms with Crippen LogP contribution in [0.3, 0.4) is 0 Å². The fourth-order valence-electron chi connectivity index (χ4n) is 2.96. The Morgan fingerprint density at radius 3 is 2.72 bits per heavy atom. The van der Waals surface area contributed by atoms with Crippen LogP contribution in [0.2, 0.25) is 0 Å². The standard InChI is InChI=1S/C17H19N7O/c1-22-10-9-18-15(22)11-23(14-7-8-14)17(25)16(24-12-19-20-21-24)13-5-3-2-4-6-13/h2-6,9-10,12,14,16H,7-8,11H2,1H3/t16-/m1/s1. The monoisotopic (exact) mass is 337 g/mol. The summed E-state index contributed by atoms with van der Waals surface area (Å²) < 4.78 is 3.46. The van der Waals surface area contributed by atoms with Gasteiger partial charge in [-0.15, -0.1) is 5.10 Å². The molecule has 8 heteroatoms. The number of aryl methyl sites for hydroxylation is 1. The smallest absolute Gasteiger partial charge is 0.252 e. The molecule has 128 valence electrons. The van der Waals surface area contributed by atoms with Gasteiger partial charge in [0.25, 0.3) is 5.91 Å². The zero-order chi connectivity index (χ0) is 17.2. The molecule has 1 fully saturated rings. The van der Waals surface area contributed by atoms with Crippen molar-refractivity contribution >= 4 is 5.91 Å². The fraction of sp³-hybridized carbons (Fsp3) is 0.353. The Kier molecular flexibility index (Phi) is 4.01. The average Bonchev–Trinajstić information content (AvgIpc) is 3.17. The lowest BCUT2D eigenvalue weighted by Crippen LogP contribution is -2.39. The molecule has 4 rings (SSSR count). The van der Waals surface area contributed by atoms with Gasteiger partial charge in [-0.05, 0) is 28.8 Å². The number of nitrogens with zero attached hydrogens (tertiary/aromatic N) is 7. The van der Waals surface area contributed by atoms with Gasteiger partial charge in [0.05, 0.1) is 6.54 Å². The summed E-state index contributed by atoms with van der Waals surface area (Å²) in [6, 6.07) is 9.30. The van der Waals surface area contributed by atoms with Crippen LogP contribution in [0.1, 0.15) is 30.3 Å². The summed E-state index contributed by atoms with van der Waals surface area (Å²) in [5.74, 6) is 0.854. The third-order valence-electron chi connectivity index (χ3n) is 4.48. The summed E-state index contributed by atoms with van der Waals surface area (Å²) in [6.07, 6.45) is 7.17. The highest BCUT2D eigenvalue weighted by Gasteiger charge is 2.38. The van der Waals surface area contributed by atoms with Gasteiger partial charge in [0, 0.05) is 25.5 Å². The lowest BCUT2D eigenvalue weighted by molar-refractivity contribution is -0.135. The van der Waals surface area contributed by atoms with Crippen LogP contribution in [-0.4, -0.2) is 46.6 Å². The summed E-state index contributed by atoms with van der Waals surface area (Å²) in [6.45, 7) is 0.485. The van der Waals surface area contributed by atoms with Gasteiger partial charge in [0.1, 0.15) is 12.2 Å². The van der Waals surface area contributed by atoms with Crippen molar-refractivity contribution < 1.29 is 4.79 Å². The molecule has 0 bridgehead atoms. The number of carbonyl (C=O) groups is 1. The third-order valence-corrected chi connectivity index (χ3v) is 4.48. The normalized spacial score (nSPS) is 15.1. The zero-order valence-electron chi connectivity index (χ0n) is 13.9. The van der Waals surface area contributed by atoms with Crippen LogP contribution in [0.15, 0.2) is 49.1 Å². The molecule has 0 N–H and O–H groups in total. The second-order valence-corrected chi connectivity index (χ2v) is 6.25. The SMILES string of the molecule is Cn1ccnc1CN(C(=O)[C@@H](c1ccccc1)n1cnnn1)C1CC1. The Labute approximate surface area is 145 Å². The second-order valence-electron chi connectivity index (χ2n) is 6.25. The first-order chi connectivity index (χ1) is 12.2. The van der Waals surface area contributed by atoms with Crippen molar-refractivity contribution in [3.63, 3.8) is 0 Å². The van der Waals surface area contributed by atoms with Gasteiger partial charge in [-0.1, -0.05) is 30.3 Å². The van der Waals surface area contributed by atoms with Gasteiger partial charge >= 0.3 is 0 Å². The number of carbonyl (C=O) groups excluding carboxylic acids is 1. The quantitative estimate of drug-likeness (QED) is 0.675. The van der Waals surface area contributed by atoms with Crippen LogP contribution in [0.4, 0.5) is 0 Å². The molecule has 25 heavy (non-hydrogen) atoms. The molecular weight excluding hydrogens is 318 g/mol. The number of amides is 1. The Balaban J connectivity index is 1.67. The lowest BCUT2D eigenvalue weighted by Gasteiger charge is -2.27.